The molecule has 4 amide bonds. The van der Waals surface area contributed by atoms with E-state index < -0.39 is 17.8 Å². The lowest BCUT2D eigenvalue weighted by atomic mass is 10.0. The second-order valence-electron chi connectivity index (χ2n) is 8.08. The minimum absolute atomic E-state index is 0.112. The van der Waals surface area contributed by atoms with Crippen LogP contribution < -0.4 is 10.2 Å². The summed E-state index contributed by atoms with van der Waals surface area (Å²) in [6, 6.07) is 12.6. The molecule has 2 aromatic carbocycles. The zero-order chi connectivity index (χ0) is 23.2. The number of carbonyl (C=O) groups is 3. The first-order valence-electron chi connectivity index (χ1n) is 10.3. The van der Waals surface area contributed by atoms with Gasteiger partial charge in [0, 0.05) is 11.3 Å². The third-order valence-electron chi connectivity index (χ3n) is 5.61. The molecule has 162 valence electrons. The summed E-state index contributed by atoms with van der Waals surface area (Å²) in [5.74, 6) is -1.38. The Bertz CT molecular complexity index is 1300. The SMILES string of the molecule is Cc1ccc(-n2nc(C)c(/C=C3\C(=O)NC(=O)N(c4ccc(C)cc4C)C3=O)c2C)cc1. The van der Waals surface area contributed by atoms with Crippen molar-refractivity contribution < 1.29 is 14.4 Å². The van der Waals surface area contributed by atoms with Crippen molar-refractivity contribution in [2.45, 2.75) is 34.6 Å². The predicted octanol–water partition coefficient (Wildman–Crippen LogP) is 4.08. The van der Waals surface area contributed by atoms with Crippen molar-refractivity contribution in [3.8, 4) is 5.69 Å². The lowest BCUT2D eigenvalue weighted by Gasteiger charge is -2.27. The van der Waals surface area contributed by atoms with E-state index in [0.717, 1.165) is 33.0 Å². The van der Waals surface area contributed by atoms with Crippen LogP contribution in [-0.2, 0) is 9.59 Å². The van der Waals surface area contributed by atoms with Gasteiger partial charge in [-0.2, -0.15) is 5.10 Å². The summed E-state index contributed by atoms with van der Waals surface area (Å²) in [6.07, 6.45) is 1.52. The van der Waals surface area contributed by atoms with E-state index in [4.69, 9.17) is 0 Å². The highest BCUT2D eigenvalue weighted by Gasteiger charge is 2.37. The average molecular weight is 428 g/mol. The number of rotatable bonds is 3. The van der Waals surface area contributed by atoms with Gasteiger partial charge in [0.05, 0.1) is 17.1 Å². The number of aryl methyl sites for hydroxylation is 4. The minimum atomic E-state index is -0.757. The highest BCUT2D eigenvalue weighted by Crippen LogP contribution is 2.27. The molecule has 4 rings (SSSR count). The molecule has 0 radical (unpaired) electrons. The fourth-order valence-corrected chi connectivity index (χ4v) is 3.88. The highest BCUT2D eigenvalue weighted by molar-refractivity contribution is 6.39. The number of amides is 4. The van der Waals surface area contributed by atoms with Crippen LogP contribution in [0.2, 0.25) is 0 Å². The van der Waals surface area contributed by atoms with Crippen molar-refractivity contribution >= 4 is 29.6 Å². The smallest absolute Gasteiger partial charge is 0.273 e. The van der Waals surface area contributed by atoms with Crippen LogP contribution in [0.4, 0.5) is 10.5 Å². The van der Waals surface area contributed by atoms with Gasteiger partial charge in [-0.05, 0) is 64.5 Å². The van der Waals surface area contributed by atoms with Crippen LogP contribution in [0.25, 0.3) is 11.8 Å². The van der Waals surface area contributed by atoms with Crippen LogP contribution >= 0.6 is 0 Å². The van der Waals surface area contributed by atoms with Gasteiger partial charge in [0.25, 0.3) is 11.8 Å². The first kappa shape index (κ1) is 21.2. The summed E-state index contributed by atoms with van der Waals surface area (Å²) >= 11 is 0. The Hall–Kier alpha value is -4.00. The minimum Gasteiger partial charge on any atom is -0.273 e. The second kappa shape index (κ2) is 7.92. The third-order valence-corrected chi connectivity index (χ3v) is 5.61. The monoisotopic (exact) mass is 428 g/mol. The maximum absolute atomic E-state index is 13.3. The van der Waals surface area contributed by atoms with Gasteiger partial charge in [0.15, 0.2) is 0 Å². The topological polar surface area (TPSA) is 84.3 Å². The van der Waals surface area contributed by atoms with Gasteiger partial charge in [0.2, 0.25) is 0 Å². The lowest BCUT2D eigenvalue weighted by Crippen LogP contribution is -2.54. The predicted molar refractivity (Wildman–Crippen MR) is 123 cm³/mol. The Morgan fingerprint density at radius 3 is 2.19 bits per heavy atom. The van der Waals surface area contributed by atoms with Crippen molar-refractivity contribution in [3.05, 3.63) is 81.7 Å². The number of aromatic nitrogens is 2. The molecule has 1 fully saturated rings. The number of barbiturate groups is 1. The zero-order valence-corrected chi connectivity index (χ0v) is 18.7. The van der Waals surface area contributed by atoms with Gasteiger partial charge in [0.1, 0.15) is 5.57 Å². The maximum Gasteiger partial charge on any atom is 0.335 e. The Labute approximate surface area is 186 Å². The number of hydrogen-bond donors (Lipinski definition) is 1. The molecule has 32 heavy (non-hydrogen) atoms. The summed E-state index contributed by atoms with van der Waals surface area (Å²) in [5, 5.41) is 6.88. The molecule has 3 aromatic rings. The molecule has 1 saturated heterocycles. The molecular weight excluding hydrogens is 404 g/mol. The number of imide groups is 2. The summed E-state index contributed by atoms with van der Waals surface area (Å²) in [7, 11) is 0. The quantitative estimate of drug-likeness (QED) is 0.503. The molecule has 2 heterocycles. The second-order valence-corrected chi connectivity index (χ2v) is 8.08. The van der Waals surface area contributed by atoms with E-state index >= 15 is 0 Å². The van der Waals surface area contributed by atoms with Crippen molar-refractivity contribution in [2.24, 2.45) is 0 Å². The summed E-state index contributed by atoms with van der Waals surface area (Å²) in [5.41, 5.74) is 6.25. The summed E-state index contributed by atoms with van der Waals surface area (Å²) in [6.45, 7) is 9.47. The van der Waals surface area contributed by atoms with Gasteiger partial charge in [-0.25, -0.2) is 14.4 Å². The van der Waals surface area contributed by atoms with Crippen LogP contribution in [0.1, 0.15) is 33.6 Å². The first-order chi connectivity index (χ1) is 15.2. The molecule has 1 N–H and O–H groups in total. The molecule has 0 unspecified atom stereocenters. The molecule has 7 nitrogen and oxygen atoms in total. The molecule has 0 spiro atoms. The molecule has 0 atom stereocenters. The summed E-state index contributed by atoms with van der Waals surface area (Å²) in [4.78, 5) is 39.4. The largest absolute Gasteiger partial charge is 0.335 e. The first-order valence-corrected chi connectivity index (χ1v) is 10.3. The molecule has 7 heteroatoms. The molecule has 0 saturated carbocycles. The number of anilines is 1. The Morgan fingerprint density at radius 1 is 0.875 bits per heavy atom. The average Bonchev–Trinajstić information content (AvgIpc) is 3.01. The van der Waals surface area contributed by atoms with Crippen molar-refractivity contribution in [1.82, 2.24) is 15.1 Å². The van der Waals surface area contributed by atoms with E-state index in [0.29, 0.717) is 16.9 Å². The van der Waals surface area contributed by atoms with Crippen molar-refractivity contribution in [1.29, 1.82) is 0 Å². The zero-order valence-electron chi connectivity index (χ0n) is 18.7. The number of carbonyl (C=O) groups excluding carboxylic acids is 3. The van der Waals surface area contributed by atoms with Gasteiger partial charge < -0.3 is 0 Å². The van der Waals surface area contributed by atoms with Gasteiger partial charge in [-0.1, -0.05) is 35.4 Å². The fourth-order valence-electron chi connectivity index (χ4n) is 3.88. The van der Waals surface area contributed by atoms with E-state index in [9.17, 15) is 14.4 Å². The maximum atomic E-state index is 13.3. The van der Waals surface area contributed by atoms with Crippen molar-refractivity contribution in [3.63, 3.8) is 0 Å². The fraction of sp³-hybridized carbons (Fsp3) is 0.200. The Morgan fingerprint density at radius 2 is 1.53 bits per heavy atom. The van der Waals surface area contributed by atoms with Crippen LogP contribution in [0.5, 0.6) is 0 Å². The van der Waals surface area contributed by atoms with Crippen LogP contribution in [0.15, 0.2) is 48.0 Å². The van der Waals surface area contributed by atoms with Crippen LogP contribution in [-0.4, -0.2) is 27.6 Å². The number of urea groups is 1. The van der Waals surface area contributed by atoms with E-state index in [1.165, 1.54) is 6.08 Å². The number of hydrogen-bond acceptors (Lipinski definition) is 4. The molecule has 0 aliphatic carbocycles. The van der Waals surface area contributed by atoms with Gasteiger partial charge in [-0.15, -0.1) is 0 Å². The van der Waals surface area contributed by atoms with Gasteiger partial charge >= 0.3 is 6.03 Å². The van der Waals surface area contributed by atoms with Gasteiger partial charge in [-0.3, -0.25) is 14.9 Å². The molecule has 0 bridgehead atoms. The standard InChI is InChI=1S/C25H24N4O3/c1-14-6-9-19(10-7-14)29-18(5)20(17(4)27-29)13-21-23(30)26-25(32)28(24(21)31)22-11-8-15(2)12-16(22)3/h6-13H,1-5H3,(H,26,30,32)/b21-13+. The van der Waals surface area contributed by atoms with E-state index in [-0.39, 0.29) is 5.57 Å². The number of benzene rings is 2. The lowest BCUT2D eigenvalue weighted by molar-refractivity contribution is -0.122. The number of nitrogens with zero attached hydrogens (tertiary/aromatic N) is 3. The normalized spacial score (nSPS) is 15.5. The summed E-state index contributed by atoms with van der Waals surface area (Å²) < 4.78 is 1.78. The Kier molecular flexibility index (Phi) is 5.26. The molecule has 1 aliphatic rings. The Balaban J connectivity index is 1.78. The third kappa shape index (κ3) is 3.62. The van der Waals surface area contributed by atoms with E-state index in [1.807, 2.05) is 71.0 Å². The van der Waals surface area contributed by atoms with Crippen LogP contribution in [0, 0.1) is 34.6 Å². The van der Waals surface area contributed by atoms with E-state index in [1.54, 1.807) is 10.7 Å². The highest BCUT2D eigenvalue weighted by atomic mass is 16.2. The van der Waals surface area contributed by atoms with Crippen LogP contribution in [0.3, 0.4) is 0 Å². The molecule has 1 aliphatic heterocycles. The van der Waals surface area contributed by atoms with E-state index in [2.05, 4.69) is 10.4 Å². The number of nitrogens with one attached hydrogen (secondary N) is 1. The molecular formula is C25H24N4O3. The molecule has 1 aromatic heterocycles. The van der Waals surface area contributed by atoms with Crippen molar-refractivity contribution in [2.75, 3.05) is 4.90 Å².